The van der Waals surface area contributed by atoms with E-state index in [0.717, 1.165) is 0 Å². The third-order valence-electron chi connectivity index (χ3n) is 3.42. The number of ether oxygens (including phenoxy) is 1. The van der Waals surface area contributed by atoms with Crippen LogP contribution in [0.5, 0.6) is 0 Å². The van der Waals surface area contributed by atoms with Crippen LogP contribution in [-0.2, 0) is 4.74 Å². The molecule has 0 aliphatic carbocycles. The Labute approximate surface area is 121 Å². The average Bonchev–Trinajstić information content (AvgIpc) is 2.46. The van der Waals surface area contributed by atoms with Gasteiger partial charge in [0.15, 0.2) is 0 Å². The molecule has 8 nitrogen and oxygen atoms in total. The van der Waals surface area contributed by atoms with Gasteiger partial charge in [0.1, 0.15) is 5.56 Å². The summed E-state index contributed by atoms with van der Waals surface area (Å²) in [5.74, 6) is 4.81. The average molecular weight is 294 g/mol. The molecular formula is C13H18N4O4. The molecule has 0 saturated carbocycles. The summed E-state index contributed by atoms with van der Waals surface area (Å²) in [4.78, 5) is 22.7. The normalized spacial score (nSPS) is 21.6. The molecule has 1 aromatic carbocycles. The first kappa shape index (κ1) is 15.2. The van der Waals surface area contributed by atoms with Crippen LogP contribution in [0.2, 0.25) is 0 Å². The number of rotatable bonds is 4. The molecule has 1 fully saturated rings. The SMILES string of the molecule is CC1CC(NC(=O)c2cc(NN)ccc2[N+](=O)[O-])CCO1. The Kier molecular flexibility index (Phi) is 4.71. The summed E-state index contributed by atoms with van der Waals surface area (Å²) in [7, 11) is 0. The molecule has 1 amide bonds. The van der Waals surface area contributed by atoms with Gasteiger partial charge < -0.3 is 15.5 Å². The van der Waals surface area contributed by atoms with E-state index in [4.69, 9.17) is 10.6 Å². The van der Waals surface area contributed by atoms with E-state index >= 15 is 0 Å². The van der Waals surface area contributed by atoms with Crippen LogP contribution in [0.4, 0.5) is 11.4 Å². The fourth-order valence-electron chi connectivity index (χ4n) is 2.36. The number of hydrogen-bond donors (Lipinski definition) is 3. The molecule has 0 radical (unpaired) electrons. The van der Waals surface area contributed by atoms with Gasteiger partial charge in [-0.15, -0.1) is 0 Å². The van der Waals surface area contributed by atoms with Crippen LogP contribution in [0.3, 0.4) is 0 Å². The van der Waals surface area contributed by atoms with E-state index in [2.05, 4.69) is 10.7 Å². The number of nitro benzene ring substituents is 1. The maximum atomic E-state index is 12.3. The van der Waals surface area contributed by atoms with Crippen molar-refractivity contribution >= 4 is 17.3 Å². The number of nitrogens with zero attached hydrogens (tertiary/aromatic N) is 1. The minimum Gasteiger partial charge on any atom is -0.378 e. The number of carbonyl (C=O) groups is 1. The highest BCUT2D eigenvalue weighted by molar-refractivity contribution is 5.99. The zero-order chi connectivity index (χ0) is 15.4. The lowest BCUT2D eigenvalue weighted by molar-refractivity contribution is -0.385. The molecule has 0 bridgehead atoms. The molecular weight excluding hydrogens is 276 g/mol. The number of amides is 1. The van der Waals surface area contributed by atoms with Gasteiger partial charge in [0.25, 0.3) is 11.6 Å². The van der Waals surface area contributed by atoms with Crippen LogP contribution in [0, 0.1) is 10.1 Å². The van der Waals surface area contributed by atoms with Crippen LogP contribution >= 0.6 is 0 Å². The molecule has 0 spiro atoms. The highest BCUT2D eigenvalue weighted by Crippen LogP contribution is 2.23. The Morgan fingerprint density at radius 3 is 2.90 bits per heavy atom. The van der Waals surface area contributed by atoms with Crippen molar-refractivity contribution in [3.63, 3.8) is 0 Å². The smallest absolute Gasteiger partial charge is 0.282 e. The van der Waals surface area contributed by atoms with Crippen LogP contribution in [-0.4, -0.2) is 29.6 Å². The van der Waals surface area contributed by atoms with Crippen molar-refractivity contribution in [1.29, 1.82) is 0 Å². The molecule has 1 saturated heterocycles. The van der Waals surface area contributed by atoms with Crippen LogP contribution < -0.4 is 16.6 Å². The predicted molar refractivity (Wildman–Crippen MR) is 76.8 cm³/mol. The van der Waals surface area contributed by atoms with Gasteiger partial charge in [0.2, 0.25) is 0 Å². The summed E-state index contributed by atoms with van der Waals surface area (Å²) in [5, 5.41) is 13.8. The first-order valence-electron chi connectivity index (χ1n) is 6.68. The van der Waals surface area contributed by atoms with Gasteiger partial charge in [-0.1, -0.05) is 0 Å². The molecule has 1 aliphatic heterocycles. The van der Waals surface area contributed by atoms with Gasteiger partial charge >= 0.3 is 0 Å². The van der Waals surface area contributed by atoms with Gasteiger partial charge in [0.05, 0.1) is 11.0 Å². The largest absolute Gasteiger partial charge is 0.378 e. The molecule has 2 unspecified atom stereocenters. The number of hydrazine groups is 1. The molecule has 21 heavy (non-hydrogen) atoms. The van der Waals surface area contributed by atoms with Crippen molar-refractivity contribution in [1.82, 2.24) is 5.32 Å². The summed E-state index contributed by atoms with van der Waals surface area (Å²) in [6.45, 7) is 2.50. The van der Waals surface area contributed by atoms with E-state index in [1.807, 2.05) is 6.92 Å². The second-order valence-corrected chi connectivity index (χ2v) is 5.01. The molecule has 114 valence electrons. The minimum atomic E-state index is -0.582. The number of hydrogen-bond acceptors (Lipinski definition) is 6. The van der Waals surface area contributed by atoms with Gasteiger partial charge in [-0.05, 0) is 31.9 Å². The van der Waals surface area contributed by atoms with Crippen LogP contribution in [0.1, 0.15) is 30.1 Å². The van der Waals surface area contributed by atoms with Gasteiger partial charge in [0, 0.05) is 24.4 Å². The first-order chi connectivity index (χ1) is 10.0. The van der Waals surface area contributed by atoms with Crippen molar-refractivity contribution in [2.75, 3.05) is 12.0 Å². The predicted octanol–water partition coefficient (Wildman–Crippen LogP) is 1.18. The van der Waals surface area contributed by atoms with E-state index in [0.29, 0.717) is 25.1 Å². The van der Waals surface area contributed by atoms with E-state index in [-0.39, 0.29) is 23.4 Å². The van der Waals surface area contributed by atoms with Crippen molar-refractivity contribution in [3.8, 4) is 0 Å². The molecule has 0 aromatic heterocycles. The zero-order valence-electron chi connectivity index (χ0n) is 11.7. The fraction of sp³-hybridized carbons (Fsp3) is 0.462. The zero-order valence-corrected chi connectivity index (χ0v) is 11.7. The van der Waals surface area contributed by atoms with Crippen molar-refractivity contribution < 1.29 is 14.5 Å². The summed E-state index contributed by atoms with van der Waals surface area (Å²) in [5.41, 5.74) is 2.56. The third kappa shape index (κ3) is 3.67. The molecule has 2 rings (SSSR count). The molecule has 8 heteroatoms. The maximum absolute atomic E-state index is 12.3. The standard InChI is InChI=1S/C13H18N4O4/c1-8-6-9(4-5-21-8)15-13(18)11-7-10(16-14)2-3-12(11)17(19)20/h2-3,7-9,16H,4-6,14H2,1H3,(H,15,18). The van der Waals surface area contributed by atoms with E-state index in [1.165, 1.54) is 18.2 Å². The van der Waals surface area contributed by atoms with E-state index in [1.54, 1.807) is 0 Å². The number of nitrogens with one attached hydrogen (secondary N) is 2. The van der Waals surface area contributed by atoms with E-state index in [9.17, 15) is 14.9 Å². The number of nitrogens with two attached hydrogens (primary N) is 1. The number of nitrogen functional groups attached to an aromatic ring is 1. The lowest BCUT2D eigenvalue weighted by Gasteiger charge is -2.27. The highest BCUT2D eigenvalue weighted by Gasteiger charge is 2.25. The Balaban J connectivity index is 2.19. The van der Waals surface area contributed by atoms with Gasteiger partial charge in [-0.2, -0.15) is 0 Å². The molecule has 1 aliphatic rings. The van der Waals surface area contributed by atoms with Crippen molar-refractivity contribution in [2.24, 2.45) is 5.84 Å². The first-order valence-corrected chi connectivity index (χ1v) is 6.68. The Morgan fingerprint density at radius 1 is 1.52 bits per heavy atom. The Bertz CT molecular complexity index is 549. The Hall–Kier alpha value is -2.19. The molecule has 4 N–H and O–H groups in total. The van der Waals surface area contributed by atoms with Crippen molar-refractivity contribution in [2.45, 2.75) is 31.9 Å². The Morgan fingerprint density at radius 2 is 2.29 bits per heavy atom. The summed E-state index contributed by atoms with van der Waals surface area (Å²) < 4.78 is 5.41. The summed E-state index contributed by atoms with van der Waals surface area (Å²) in [6.07, 6.45) is 1.45. The van der Waals surface area contributed by atoms with E-state index < -0.39 is 10.8 Å². The van der Waals surface area contributed by atoms with Gasteiger partial charge in [-0.3, -0.25) is 20.8 Å². The van der Waals surface area contributed by atoms with Crippen molar-refractivity contribution in [3.05, 3.63) is 33.9 Å². The topological polar surface area (TPSA) is 120 Å². The number of anilines is 1. The van der Waals surface area contributed by atoms with Crippen LogP contribution in [0.25, 0.3) is 0 Å². The number of benzene rings is 1. The lowest BCUT2D eigenvalue weighted by atomic mass is 10.0. The molecule has 1 heterocycles. The molecule has 2 atom stereocenters. The third-order valence-corrected chi connectivity index (χ3v) is 3.42. The highest BCUT2D eigenvalue weighted by atomic mass is 16.6. The second-order valence-electron chi connectivity index (χ2n) is 5.01. The maximum Gasteiger partial charge on any atom is 0.282 e. The van der Waals surface area contributed by atoms with Gasteiger partial charge in [-0.25, -0.2) is 0 Å². The monoisotopic (exact) mass is 294 g/mol. The fourth-order valence-corrected chi connectivity index (χ4v) is 2.36. The lowest BCUT2D eigenvalue weighted by Crippen LogP contribution is -2.41. The quantitative estimate of drug-likeness (QED) is 0.436. The number of nitro groups is 1. The second kappa shape index (κ2) is 6.51. The van der Waals surface area contributed by atoms with Crippen LogP contribution in [0.15, 0.2) is 18.2 Å². The number of carbonyl (C=O) groups excluding carboxylic acids is 1. The minimum absolute atomic E-state index is 0.00500. The molecule has 1 aromatic rings. The summed E-state index contributed by atoms with van der Waals surface area (Å²) in [6, 6.07) is 4.04. The summed E-state index contributed by atoms with van der Waals surface area (Å²) >= 11 is 0.